The molecule has 214 valence electrons. The number of carbonyl (C=O) groups excluding carboxylic acids is 2. The third-order valence-corrected chi connectivity index (χ3v) is 9.30. The number of fused-ring (bicyclic) bond motifs is 1. The number of nitrogens with zero attached hydrogens (tertiary/aromatic N) is 7. The Labute approximate surface area is 245 Å². The minimum Gasteiger partial charge on any atom is -0.345 e. The van der Waals surface area contributed by atoms with Gasteiger partial charge in [-0.2, -0.15) is 5.26 Å². The van der Waals surface area contributed by atoms with Crippen molar-refractivity contribution in [2.24, 2.45) is 5.92 Å². The number of pyridine rings is 1. The van der Waals surface area contributed by atoms with Crippen LogP contribution < -0.4 is 0 Å². The number of piperidine rings is 1. The van der Waals surface area contributed by atoms with Crippen LogP contribution in [0.3, 0.4) is 0 Å². The number of aromatic nitrogens is 3. The highest BCUT2D eigenvalue weighted by Crippen LogP contribution is 2.42. The van der Waals surface area contributed by atoms with Crippen LogP contribution in [-0.2, 0) is 17.9 Å². The number of ketones is 1. The van der Waals surface area contributed by atoms with Crippen LogP contribution in [0.5, 0.6) is 0 Å². The first kappa shape index (κ1) is 26.5. The van der Waals surface area contributed by atoms with E-state index in [2.05, 4.69) is 33.8 Å². The van der Waals surface area contributed by atoms with Gasteiger partial charge >= 0.3 is 6.03 Å². The fourth-order valence-corrected chi connectivity index (χ4v) is 7.10. The van der Waals surface area contributed by atoms with E-state index in [-0.39, 0.29) is 11.8 Å². The molecule has 2 aliphatic heterocycles. The molecule has 0 spiro atoms. The van der Waals surface area contributed by atoms with Gasteiger partial charge in [0.1, 0.15) is 5.65 Å². The Hall–Kier alpha value is -4.42. The molecule has 1 fully saturated rings. The van der Waals surface area contributed by atoms with Crippen LogP contribution in [0.25, 0.3) is 27.7 Å². The van der Waals surface area contributed by atoms with E-state index in [4.69, 9.17) is 0 Å². The van der Waals surface area contributed by atoms with E-state index in [9.17, 15) is 14.9 Å². The quantitative estimate of drug-likeness (QED) is 0.362. The highest BCUT2D eigenvalue weighted by atomic mass is 16.2. The van der Waals surface area contributed by atoms with Crippen LogP contribution in [0, 0.1) is 17.2 Å². The number of hydrogen-bond acceptors (Lipinski definition) is 5. The molecule has 7 rings (SSSR count). The molecule has 3 aromatic heterocycles. The summed E-state index contributed by atoms with van der Waals surface area (Å²) in [7, 11) is 4.07. The van der Waals surface area contributed by atoms with Crippen molar-refractivity contribution < 1.29 is 9.59 Å². The third-order valence-electron chi connectivity index (χ3n) is 9.30. The van der Waals surface area contributed by atoms with Crippen LogP contribution >= 0.6 is 0 Å². The number of likely N-dealkylation sites (tertiary alicyclic amines) is 1. The Morgan fingerprint density at radius 2 is 1.98 bits per heavy atom. The first-order valence-electron chi connectivity index (χ1n) is 14.8. The standard InChI is InChI=1S/C33H35N7O2/c1-36-11-8-22(9-12-36)19-37(2)33(42)39-14-13-38-21-27(26-16-23(17-34)15-24(20-39)32(26)38)25-6-7-29(41)31(25)28-18-35-30-5-3-4-10-40(28)30/h3-5,10,15-16,18,21-22H,6-9,11-14,19-20H2,1-2H3. The SMILES string of the molecule is CN1CCC(CN(C)C(=O)N2CCn3cc(C4=C(c5cnc6ccccn56)C(=O)CC4)c4cc(C#N)cc(c43)C2)CC1. The predicted octanol–water partition coefficient (Wildman–Crippen LogP) is 4.64. The van der Waals surface area contributed by atoms with E-state index in [1.54, 1.807) is 6.20 Å². The van der Waals surface area contributed by atoms with E-state index in [0.29, 0.717) is 49.5 Å². The van der Waals surface area contributed by atoms with E-state index in [1.165, 1.54) is 0 Å². The number of hydrogen-bond donors (Lipinski definition) is 0. The summed E-state index contributed by atoms with van der Waals surface area (Å²) < 4.78 is 4.19. The summed E-state index contributed by atoms with van der Waals surface area (Å²) in [6.45, 7) is 4.59. The van der Waals surface area contributed by atoms with Gasteiger partial charge in [-0.05, 0) is 80.7 Å². The Morgan fingerprint density at radius 1 is 1.14 bits per heavy atom. The molecule has 4 aromatic rings. The van der Waals surface area contributed by atoms with Gasteiger partial charge in [-0.25, -0.2) is 9.78 Å². The summed E-state index contributed by atoms with van der Waals surface area (Å²) in [6.07, 6.45) is 9.18. The molecule has 1 aromatic carbocycles. The minimum atomic E-state index is 0.0365. The molecule has 0 N–H and O–H groups in total. The van der Waals surface area contributed by atoms with Crippen LogP contribution in [0.1, 0.15) is 48.1 Å². The number of benzene rings is 1. The number of amides is 2. The molecule has 9 heteroatoms. The summed E-state index contributed by atoms with van der Waals surface area (Å²) in [4.78, 5) is 37.6. The van der Waals surface area contributed by atoms with Gasteiger partial charge < -0.3 is 19.3 Å². The lowest BCUT2D eigenvalue weighted by atomic mass is 9.96. The maximum atomic E-state index is 13.6. The van der Waals surface area contributed by atoms with Crippen molar-refractivity contribution in [3.63, 3.8) is 0 Å². The van der Waals surface area contributed by atoms with E-state index < -0.39 is 0 Å². The van der Waals surface area contributed by atoms with Gasteiger partial charge in [-0.15, -0.1) is 0 Å². The second-order valence-electron chi connectivity index (χ2n) is 12.1. The lowest BCUT2D eigenvalue weighted by Crippen LogP contribution is -2.44. The van der Waals surface area contributed by atoms with E-state index >= 15 is 0 Å². The second-order valence-corrected chi connectivity index (χ2v) is 12.1. The number of nitriles is 1. The van der Waals surface area contributed by atoms with Crippen molar-refractivity contribution >= 4 is 39.5 Å². The molecule has 0 bridgehead atoms. The van der Waals surface area contributed by atoms with Crippen molar-refractivity contribution in [3.05, 3.63) is 71.3 Å². The largest absolute Gasteiger partial charge is 0.345 e. The molecule has 0 radical (unpaired) electrons. The molecule has 0 saturated carbocycles. The number of imidazole rings is 1. The van der Waals surface area contributed by atoms with Gasteiger partial charge in [-0.3, -0.25) is 9.20 Å². The van der Waals surface area contributed by atoms with Crippen LogP contribution in [0.2, 0.25) is 0 Å². The number of allylic oxidation sites excluding steroid dienone is 2. The number of urea groups is 1. The van der Waals surface area contributed by atoms with Crippen molar-refractivity contribution in [3.8, 4) is 6.07 Å². The molecule has 3 aliphatic rings. The average Bonchev–Trinajstić information content (AvgIpc) is 3.66. The molecule has 42 heavy (non-hydrogen) atoms. The van der Waals surface area contributed by atoms with E-state index in [1.807, 2.05) is 57.8 Å². The Balaban J connectivity index is 1.25. The van der Waals surface area contributed by atoms with E-state index in [0.717, 1.165) is 71.4 Å². The average molecular weight is 562 g/mol. The Morgan fingerprint density at radius 3 is 2.79 bits per heavy atom. The summed E-state index contributed by atoms with van der Waals surface area (Å²) >= 11 is 0. The van der Waals surface area contributed by atoms with Gasteiger partial charge in [0.05, 0.1) is 29.0 Å². The van der Waals surface area contributed by atoms with Crippen molar-refractivity contribution in [2.45, 2.75) is 38.8 Å². The highest BCUT2D eigenvalue weighted by Gasteiger charge is 2.32. The van der Waals surface area contributed by atoms with Gasteiger partial charge in [0.15, 0.2) is 5.78 Å². The van der Waals surface area contributed by atoms with Crippen molar-refractivity contribution in [1.82, 2.24) is 28.7 Å². The van der Waals surface area contributed by atoms with Crippen molar-refractivity contribution in [2.75, 3.05) is 40.3 Å². The smallest absolute Gasteiger partial charge is 0.320 e. The van der Waals surface area contributed by atoms with Crippen LogP contribution in [-0.4, -0.2) is 80.7 Å². The summed E-state index contributed by atoms with van der Waals surface area (Å²) in [6, 6.07) is 12.1. The molecular formula is C33H35N7O2. The van der Waals surface area contributed by atoms with Gasteiger partial charge in [0.25, 0.3) is 0 Å². The maximum absolute atomic E-state index is 13.6. The number of Topliss-reactive ketones (excluding diaryl/α,β-unsaturated/α-hetero) is 1. The lowest BCUT2D eigenvalue weighted by molar-refractivity contribution is -0.113. The molecule has 1 saturated heterocycles. The third kappa shape index (κ3) is 4.47. The molecular weight excluding hydrogens is 526 g/mol. The summed E-state index contributed by atoms with van der Waals surface area (Å²) in [5, 5.41) is 10.9. The zero-order chi connectivity index (χ0) is 29.0. The number of rotatable bonds is 4. The normalized spacial score (nSPS) is 18.2. The summed E-state index contributed by atoms with van der Waals surface area (Å²) in [5.74, 6) is 0.640. The molecule has 2 amide bonds. The molecule has 1 aliphatic carbocycles. The first-order chi connectivity index (χ1) is 20.4. The summed E-state index contributed by atoms with van der Waals surface area (Å²) in [5.41, 5.74) is 6.88. The number of carbonyl (C=O) groups is 2. The van der Waals surface area contributed by atoms with Gasteiger partial charge in [-0.1, -0.05) is 6.07 Å². The van der Waals surface area contributed by atoms with Gasteiger partial charge in [0, 0.05) is 68.6 Å². The predicted molar refractivity (Wildman–Crippen MR) is 162 cm³/mol. The molecule has 0 atom stereocenters. The Bertz CT molecular complexity index is 1800. The zero-order valence-electron chi connectivity index (χ0n) is 24.2. The maximum Gasteiger partial charge on any atom is 0.320 e. The zero-order valence-corrected chi connectivity index (χ0v) is 24.2. The molecule has 5 heterocycles. The first-order valence-corrected chi connectivity index (χ1v) is 14.8. The fraction of sp³-hybridized carbons (Fsp3) is 0.394. The second kappa shape index (κ2) is 10.4. The lowest BCUT2D eigenvalue weighted by Gasteiger charge is -2.33. The van der Waals surface area contributed by atoms with Crippen molar-refractivity contribution in [1.29, 1.82) is 5.26 Å². The topological polar surface area (TPSA) is 89.9 Å². The molecule has 0 unspecified atom stereocenters. The molecule has 9 nitrogen and oxygen atoms in total. The monoisotopic (exact) mass is 561 g/mol. The van der Waals surface area contributed by atoms with Gasteiger partial charge in [0.2, 0.25) is 0 Å². The highest BCUT2D eigenvalue weighted by molar-refractivity contribution is 6.31. The minimum absolute atomic E-state index is 0.0365. The Kier molecular flexibility index (Phi) is 6.59. The van der Waals surface area contributed by atoms with Crippen LogP contribution in [0.15, 0.2) is 48.9 Å². The fourth-order valence-electron chi connectivity index (χ4n) is 7.10. The van der Waals surface area contributed by atoms with Crippen LogP contribution in [0.4, 0.5) is 4.79 Å².